The first-order valence-electron chi connectivity index (χ1n) is 8.38. The van der Waals surface area contributed by atoms with Crippen molar-refractivity contribution in [3.05, 3.63) is 0 Å². The van der Waals surface area contributed by atoms with Gasteiger partial charge in [0, 0.05) is 32.7 Å². The van der Waals surface area contributed by atoms with Gasteiger partial charge in [0.1, 0.15) is 0 Å². The molecule has 0 aromatic rings. The zero-order chi connectivity index (χ0) is 16.2. The van der Waals surface area contributed by atoms with Crippen molar-refractivity contribution in [3.8, 4) is 0 Å². The number of piperazine rings is 1. The van der Waals surface area contributed by atoms with Crippen molar-refractivity contribution in [1.82, 2.24) is 14.5 Å². The summed E-state index contributed by atoms with van der Waals surface area (Å²) in [4.78, 5) is 13.9. The minimum atomic E-state index is -3.14. The van der Waals surface area contributed by atoms with Gasteiger partial charge in [-0.25, -0.2) is 13.2 Å². The third-order valence-corrected chi connectivity index (χ3v) is 6.38. The molecule has 0 aromatic carbocycles. The Hall–Kier alpha value is -0.820. The van der Waals surface area contributed by atoms with Crippen LogP contribution in [0.15, 0.2) is 0 Å². The molecule has 2 amide bonds. The Bertz CT molecular complexity index is 464. The van der Waals surface area contributed by atoms with E-state index in [2.05, 4.69) is 12.2 Å². The summed E-state index contributed by atoms with van der Waals surface area (Å²) in [5.74, 6) is 1.47. The molecule has 1 saturated heterocycles. The van der Waals surface area contributed by atoms with Gasteiger partial charge in [-0.15, -0.1) is 0 Å². The number of nitrogens with zero attached hydrogens (tertiary/aromatic N) is 2. The number of urea groups is 1. The number of hydrogen-bond acceptors (Lipinski definition) is 3. The van der Waals surface area contributed by atoms with Gasteiger partial charge < -0.3 is 10.2 Å². The summed E-state index contributed by atoms with van der Waals surface area (Å²) >= 11 is 0. The Labute approximate surface area is 134 Å². The third kappa shape index (κ3) is 4.84. The molecule has 1 heterocycles. The highest BCUT2D eigenvalue weighted by Gasteiger charge is 2.26. The smallest absolute Gasteiger partial charge is 0.317 e. The molecule has 0 unspecified atom stereocenters. The van der Waals surface area contributed by atoms with Crippen LogP contribution < -0.4 is 5.32 Å². The van der Waals surface area contributed by atoms with E-state index in [1.807, 2.05) is 0 Å². The summed E-state index contributed by atoms with van der Waals surface area (Å²) in [6.45, 7) is 4.75. The lowest BCUT2D eigenvalue weighted by Crippen LogP contribution is -2.53. The first kappa shape index (κ1) is 17.5. The SMILES string of the molecule is CCC1CCC(CNC(=O)N2CCN(S(C)(=O)=O)CC2)CC1. The average Bonchev–Trinajstić information content (AvgIpc) is 2.52. The topological polar surface area (TPSA) is 69.7 Å². The van der Waals surface area contributed by atoms with Gasteiger partial charge in [-0.1, -0.05) is 26.2 Å². The number of rotatable bonds is 4. The maximum Gasteiger partial charge on any atom is 0.317 e. The zero-order valence-corrected chi connectivity index (χ0v) is 14.6. The normalized spacial score (nSPS) is 27.6. The van der Waals surface area contributed by atoms with E-state index < -0.39 is 10.0 Å². The molecule has 2 aliphatic rings. The van der Waals surface area contributed by atoms with Crippen LogP contribution in [0.2, 0.25) is 0 Å². The molecule has 0 atom stereocenters. The molecule has 7 heteroatoms. The number of hydrogen-bond donors (Lipinski definition) is 1. The van der Waals surface area contributed by atoms with Crippen molar-refractivity contribution in [2.45, 2.75) is 39.0 Å². The molecule has 1 aliphatic carbocycles. The average molecular weight is 331 g/mol. The lowest BCUT2D eigenvalue weighted by Gasteiger charge is -2.34. The molecule has 1 saturated carbocycles. The summed E-state index contributed by atoms with van der Waals surface area (Å²) in [6, 6.07) is -0.0502. The number of carbonyl (C=O) groups excluding carboxylic acids is 1. The molecule has 22 heavy (non-hydrogen) atoms. The summed E-state index contributed by atoms with van der Waals surface area (Å²) in [7, 11) is -3.14. The maximum atomic E-state index is 12.2. The van der Waals surface area contributed by atoms with E-state index >= 15 is 0 Å². The number of carbonyl (C=O) groups is 1. The monoisotopic (exact) mass is 331 g/mol. The lowest BCUT2D eigenvalue weighted by molar-refractivity contribution is 0.168. The molecule has 2 fully saturated rings. The molecule has 1 aliphatic heterocycles. The van der Waals surface area contributed by atoms with Crippen molar-refractivity contribution in [2.24, 2.45) is 11.8 Å². The molecule has 0 aromatic heterocycles. The lowest BCUT2D eigenvalue weighted by atomic mass is 9.81. The van der Waals surface area contributed by atoms with Crippen LogP contribution in [0.4, 0.5) is 4.79 Å². The van der Waals surface area contributed by atoms with Gasteiger partial charge in [-0.2, -0.15) is 4.31 Å². The van der Waals surface area contributed by atoms with Gasteiger partial charge in [0.2, 0.25) is 10.0 Å². The van der Waals surface area contributed by atoms with Crippen LogP contribution in [-0.4, -0.2) is 62.6 Å². The van der Waals surface area contributed by atoms with Crippen LogP contribution in [0.1, 0.15) is 39.0 Å². The van der Waals surface area contributed by atoms with Crippen molar-refractivity contribution in [3.63, 3.8) is 0 Å². The molecule has 6 nitrogen and oxygen atoms in total. The van der Waals surface area contributed by atoms with Gasteiger partial charge in [-0.05, 0) is 24.7 Å². The van der Waals surface area contributed by atoms with E-state index in [0.717, 1.165) is 12.5 Å². The predicted molar refractivity (Wildman–Crippen MR) is 87.1 cm³/mol. The fraction of sp³-hybridized carbons (Fsp3) is 0.933. The molecule has 0 radical (unpaired) electrons. The summed E-state index contributed by atoms with van der Waals surface area (Å²) < 4.78 is 24.3. The minimum Gasteiger partial charge on any atom is -0.338 e. The number of amides is 2. The maximum absolute atomic E-state index is 12.2. The molecule has 0 bridgehead atoms. The van der Waals surface area contributed by atoms with Gasteiger partial charge >= 0.3 is 6.03 Å². The fourth-order valence-electron chi connectivity index (χ4n) is 3.41. The van der Waals surface area contributed by atoms with E-state index in [4.69, 9.17) is 0 Å². The van der Waals surface area contributed by atoms with E-state index in [0.29, 0.717) is 32.1 Å². The van der Waals surface area contributed by atoms with Crippen molar-refractivity contribution >= 4 is 16.1 Å². The predicted octanol–water partition coefficient (Wildman–Crippen LogP) is 1.49. The second kappa shape index (κ2) is 7.64. The van der Waals surface area contributed by atoms with E-state index in [1.54, 1.807) is 4.90 Å². The molecular weight excluding hydrogens is 302 g/mol. The summed E-state index contributed by atoms with van der Waals surface area (Å²) in [5, 5.41) is 3.03. The van der Waals surface area contributed by atoms with Crippen molar-refractivity contribution < 1.29 is 13.2 Å². The number of sulfonamides is 1. The summed E-state index contributed by atoms with van der Waals surface area (Å²) in [6.07, 6.45) is 7.47. The molecule has 128 valence electrons. The Kier molecular flexibility index (Phi) is 6.09. The highest BCUT2D eigenvalue weighted by Crippen LogP contribution is 2.30. The van der Waals surface area contributed by atoms with Gasteiger partial charge in [0.15, 0.2) is 0 Å². The highest BCUT2D eigenvalue weighted by atomic mass is 32.2. The first-order valence-corrected chi connectivity index (χ1v) is 10.2. The van der Waals surface area contributed by atoms with Gasteiger partial charge in [0.25, 0.3) is 0 Å². The third-order valence-electron chi connectivity index (χ3n) is 5.08. The largest absolute Gasteiger partial charge is 0.338 e. The minimum absolute atomic E-state index is 0.0502. The van der Waals surface area contributed by atoms with Crippen LogP contribution in [0, 0.1) is 11.8 Å². The Morgan fingerprint density at radius 3 is 2.09 bits per heavy atom. The van der Waals surface area contributed by atoms with Crippen LogP contribution in [-0.2, 0) is 10.0 Å². The standard InChI is InChI=1S/C15H29N3O3S/c1-3-13-4-6-14(7-5-13)12-16-15(19)17-8-10-18(11-9-17)22(2,20)21/h13-14H,3-12H2,1-2H3,(H,16,19). The van der Waals surface area contributed by atoms with Crippen LogP contribution in [0.5, 0.6) is 0 Å². The highest BCUT2D eigenvalue weighted by molar-refractivity contribution is 7.88. The van der Waals surface area contributed by atoms with Crippen LogP contribution >= 0.6 is 0 Å². The fourth-order valence-corrected chi connectivity index (χ4v) is 4.24. The second-order valence-electron chi connectivity index (χ2n) is 6.63. The van der Waals surface area contributed by atoms with Crippen LogP contribution in [0.25, 0.3) is 0 Å². The molecule has 1 N–H and O–H groups in total. The van der Waals surface area contributed by atoms with Crippen LogP contribution in [0.3, 0.4) is 0 Å². The first-order chi connectivity index (χ1) is 10.4. The van der Waals surface area contributed by atoms with E-state index in [9.17, 15) is 13.2 Å². The summed E-state index contributed by atoms with van der Waals surface area (Å²) in [5.41, 5.74) is 0. The molecular formula is C15H29N3O3S. The zero-order valence-electron chi connectivity index (χ0n) is 13.8. The second-order valence-corrected chi connectivity index (χ2v) is 8.61. The van der Waals surface area contributed by atoms with E-state index in [1.165, 1.54) is 42.7 Å². The molecule has 0 spiro atoms. The van der Waals surface area contributed by atoms with Gasteiger partial charge in [-0.3, -0.25) is 0 Å². The van der Waals surface area contributed by atoms with E-state index in [-0.39, 0.29) is 6.03 Å². The Morgan fingerprint density at radius 2 is 1.59 bits per heavy atom. The van der Waals surface area contributed by atoms with Crippen molar-refractivity contribution in [2.75, 3.05) is 39.0 Å². The Balaban J connectivity index is 1.68. The van der Waals surface area contributed by atoms with Gasteiger partial charge in [0.05, 0.1) is 6.26 Å². The number of nitrogens with one attached hydrogen (secondary N) is 1. The van der Waals surface area contributed by atoms with Crippen molar-refractivity contribution in [1.29, 1.82) is 0 Å². The quantitative estimate of drug-likeness (QED) is 0.848. The Morgan fingerprint density at radius 1 is 1.05 bits per heavy atom. The molecule has 2 rings (SSSR count).